The molecule has 0 aliphatic carbocycles. The van der Waals surface area contributed by atoms with Crippen molar-refractivity contribution >= 4 is 15.9 Å². The Labute approximate surface area is 139 Å². The van der Waals surface area contributed by atoms with Gasteiger partial charge < -0.3 is 9.64 Å². The lowest BCUT2D eigenvalue weighted by Crippen LogP contribution is -2.36. The van der Waals surface area contributed by atoms with Crippen LogP contribution in [-0.2, 0) is 6.54 Å². The normalized spacial score (nSPS) is 11.9. The third-order valence-corrected chi connectivity index (χ3v) is 5.23. The molecule has 0 unspecified atom stereocenters. The molecular weight excluding hydrogens is 326 g/mol. The number of nitrogens with zero attached hydrogens (tertiary/aromatic N) is 1. The largest absolute Gasteiger partial charge is 0.497 e. The molecule has 3 heteroatoms. The van der Waals surface area contributed by atoms with E-state index in [0.29, 0.717) is 5.41 Å². The summed E-state index contributed by atoms with van der Waals surface area (Å²) in [4.78, 5) is 2.45. The fourth-order valence-corrected chi connectivity index (χ4v) is 3.97. The van der Waals surface area contributed by atoms with Crippen molar-refractivity contribution in [3.63, 3.8) is 0 Å². The van der Waals surface area contributed by atoms with Gasteiger partial charge in [0.15, 0.2) is 0 Å². The molecule has 0 spiro atoms. The molecule has 0 fully saturated rings. The third-order valence-electron chi connectivity index (χ3n) is 4.04. The minimum absolute atomic E-state index is 0.400. The molecule has 0 aliphatic rings. The zero-order chi connectivity index (χ0) is 15.7. The van der Waals surface area contributed by atoms with Crippen molar-refractivity contribution in [3.8, 4) is 5.75 Å². The Balaban J connectivity index is 2.70. The molecule has 120 valence electrons. The second-order valence-electron chi connectivity index (χ2n) is 6.16. The van der Waals surface area contributed by atoms with Gasteiger partial charge in [-0.2, -0.15) is 0 Å². The molecule has 0 saturated carbocycles. The summed E-state index contributed by atoms with van der Waals surface area (Å²) in [6.07, 6.45) is 5.07. The van der Waals surface area contributed by atoms with Gasteiger partial charge in [0.25, 0.3) is 0 Å². The highest BCUT2D eigenvalue weighted by Gasteiger charge is 2.28. The monoisotopic (exact) mass is 355 g/mol. The van der Waals surface area contributed by atoms with Crippen molar-refractivity contribution in [2.75, 3.05) is 26.0 Å². The Morgan fingerprint density at radius 3 is 2.38 bits per heavy atom. The molecule has 21 heavy (non-hydrogen) atoms. The van der Waals surface area contributed by atoms with E-state index >= 15 is 0 Å². The maximum absolute atomic E-state index is 5.31. The average Bonchev–Trinajstić information content (AvgIpc) is 2.47. The molecule has 0 aliphatic heterocycles. The van der Waals surface area contributed by atoms with Crippen LogP contribution in [0.4, 0.5) is 0 Å². The zero-order valence-electron chi connectivity index (χ0n) is 14.0. The summed E-state index contributed by atoms with van der Waals surface area (Å²) in [6.45, 7) is 6.68. The van der Waals surface area contributed by atoms with Gasteiger partial charge in [-0.3, -0.25) is 0 Å². The van der Waals surface area contributed by atoms with Crippen molar-refractivity contribution in [2.45, 2.75) is 46.1 Å². The summed E-state index contributed by atoms with van der Waals surface area (Å²) < 4.78 is 5.31. The minimum atomic E-state index is 0.400. The van der Waals surface area contributed by atoms with Gasteiger partial charge in [0.2, 0.25) is 0 Å². The molecule has 0 aromatic heterocycles. The van der Waals surface area contributed by atoms with Crippen LogP contribution >= 0.6 is 15.9 Å². The molecule has 0 radical (unpaired) electrons. The van der Waals surface area contributed by atoms with Crippen molar-refractivity contribution < 1.29 is 4.74 Å². The number of hydrogen-bond donors (Lipinski definition) is 0. The number of halogens is 1. The molecule has 1 aromatic rings. The summed E-state index contributed by atoms with van der Waals surface area (Å²) in [5.41, 5.74) is 1.71. The van der Waals surface area contributed by atoms with Crippen molar-refractivity contribution in [1.82, 2.24) is 4.90 Å². The number of ether oxygens (including phenoxy) is 1. The lowest BCUT2D eigenvalue weighted by molar-refractivity contribution is 0.166. The van der Waals surface area contributed by atoms with E-state index in [9.17, 15) is 0 Å². The van der Waals surface area contributed by atoms with E-state index in [4.69, 9.17) is 4.74 Å². The van der Waals surface area contributed by atoms with E-state index in [1.807, 2.05) is 6.07 Å². The Kier molecular flexibility index (Phi) is 8.35. The fourth-order valence-electron chi connectivity index (χ4n) is 3.23. The number of alkyl halides is 1. The van der Waals surface area contributed by atoms with Crippen LogP contribution in [0.2, 0.25) is 0 Å². The zero-order valence-corrected chi connectivity index (χ0v) is 15.6. The first-order valence-electron chi connectivity index (χ1n) is 7.96. The van der Waals surface area contributed by atoms with Crippen LogP contribution < -0.4 is 4.74 Å². The second-order valence-corrected chi connectivity index (χ2v) is 6.72. The Bertz CT molecular complexity index is 402. The van der Waals surface area contributed by atoms with Crippen LogP contribution in [0, 0.1) is 5.41 Å². The maximum atomic E-state index is 5.31. The molecule has 2 nitrogen and oxygen atoms in total. The molecule has 0 heterocycles. The number of methoxy groups -OCH3 is 1. The smallest absolute Gasteiger partial charge is 0.119 e. The molecular formula is C18H30BrNO. The van der Waals surface area contributed by atoms with Crippen LogP contribution in [0.1, 0.15) is 45.1 Å². The van der Waals surface area contributed by atoms with Gasteiger partial charge in [-0.1, -0.05) is 54.8 Å². The minimum Gasteiger partial charge on any atom is -0.497 e. The molecule has 0 atom stereocenters. The first kappa shape index (κ1) is 18.5. The highest BCUT2D eigenvalue weighted by atomic mass is 79.9. The molecule has 0 N–H and O–H groups in total. The topological polar surface area (TPSA) is 12.5 Å². The van der Waals surface area contributed by atoms with E-state index in [1.165, 1.54) is 31.2 Å². The van der Waals surface area contributed by atoms with Gasteiger partial charge in [-0.25, -0.2) is 0 Å². The van der Waals surface area contributed by atoms with Gasteiger partial charge in [0.05, 0.1) is 7.11 Å². The van der Waals surface area contributed by atoms with E-state index in [2.05, 4.69) is 59.9 Å². The SMILES string of the molecule is CCCC(CBr)(CCC)CN(C)Cc1cccc(OC)c1. The lowest BCUT2D eigenvalue weighted by atomic mass is 9.80. The first-order chi connectivity index (χ1) is 10.1. The average molecular weight is 356 g/mol. The van der Waals surface area contributed by atoms with Crippen LogP contribution in [0.3, 0.4) is 0 Å². The van der Waals surface area contributed by atoms with Crippen molar-refractivity contribution in [2.24, 2.45) is 5.41 Å². The van der Waals surface area contributed by atoms with Gasteiger partial charge >= 0.3 is 0 Å². The van der Waals surface area contributed by atoms with Gasteiger partial charge in [0.1, 0.15) is 5.75 Å². The highest BCUT2D eigenvalue weighted by Crippen LogP contribution is 2.33. The Morgan fingerprint density at radius 1 is 1.19 bits per heavy atom. The van der Waals surface area contributed by atoms with Gasteiger partial charge in [0, 0.05) is 18.4 Å². The van der Waals surface area contributed by atoms with Crippen molar-refractivity contribution in [1.29, 1.82) is 0 Å². The summed E-state index contributed by atoms with van der Waals surface area (Å²) in [7, 11) is 3.95. The van der Waals surface area contributed by atoms with Gasteiger partial charge in [-0.15, -0.1) is 0 Å². The van der Waals surface area contributed by atoms with E-state index < -0.39 is 0 Å². The predicted molar refractivity (Wildman–Crippen MR) is 95.4 cm³/mol. The quantitative estimate of drug-likeness (QED) is 0.540. The Morgan fingerprint density at radius 2 is 1.86 bits per heavy atom. The molecule has 0 saturated heterocycles. The molecule has 1 aromatic carbocycles. The van der Waals surface area contributed by atoms with E-state index in [0.717, 1.165) is 24.2 Å². The van der Waals surface area contributed by atoms with Crippen LogP contribution in [0.5, 0.6) is 5.75 Å². The van der Waals surface area contributed by atoms with E-state index in [-0.39, 0.29) is 0 Å². The molecule has 1 rings (SSSR count). The fraction of sp³-hybridized carbons (Fsp3) is 0.667. The van der Waals surface area contributed by atoms with Gasteiger partial charge in [-0.05, 0) is 43.0 Å². The highest BCUT2D eigenvalue weighted by molar-refractivity contribution is 9.09. The second kappa shape index (κ2) is 9.47. The third kappa shape index (κ3) is 5.99. The lowest BCUT2D eigenvalue weighted by Gasteiger charge is -2.36. The van der Waals surface area contributed by atoms with E-state index in [1.54, 1.807) is 7.11 Å². The van der Waals surface area contributed by atoms with Crippen LogP contribution in [0.15, 0.2) is 24.3 Å². The van der Waals surface area contributed by atoms with Crippen LogP contribution in [0.25, 0.3) is 0 Å². The first-order valence-corrected chi connectivity index (χ1v) is 9.08. The summed E-state index contributed by atoms with van der Waals surface area (Å²) >= 11 is 3.77. The molecule has 0 amide bonds. The maximum Gasteiger partial charge on any atom is 0.119 e. The standard InChI is InChI=1S/C18H30BrNO/c1-5-10-18(14-19,11-6-2)15-20(3)13-16-8-7-9-17(12-16)21-4/h7-9,12H,5-6,10-11,13-15H2,1-4H3. The number of benzene rings is 1. The molecule has 0 bridgehead atoms. The predicted octanol–water partition coefficient (Wildman–Crippen LogP) is 5.11. The van der Waals surface area contributed by atoms with Crippen LogP contribution in [-0.4, -0.2) is 30.9 Å². The number of hydrogen-bond acceptors (Lipinski definition) is 2. The number of rotatable bonds is 10. The Hall–Kier alpha value is -0.540. The summed E-state index contributed by atoms with van der Waals surface area (Å²) in [6, 6.07) is 8.37. The summed E-state index contributed by atoms with van der Waals surface area (Å²) in [5, 5.41) is 1.09. The summed E-state index contributed by atoms with van der Waals surface area (Å²) in [5.74, 6) is 0.940. The van der Waals surface area contributed by atoms with Crippen molar-refractivity contribution in [3.05, 3.63) is 29.8 Å².